The van der Waals surface area contributed by atoms with Gasteiger partial charge in [-0.05, 0) is 19.4 Å². The standard InChI is InChI=1S/C12H16O4/c1-12(2,11(13)14-3)16-15-9-10-7-5-4-6-8-10/h4-8H,9H2,1-3H3. The van der Waals surface area contributed by atoms with E-state index < -0.39 is 11.6 Å². The molecular weight excluding hydrogens is 208 g/mol. The van der Waals surface area contributed by atoms with Crippen molar-refractivity contribution < 1.29 is 19.3 Å². The van der Waals surface area contributed by atoms with Gasteiger partial charge in [0.25, 0.3) is 0 Å². The molecule has 0 bridgehead atoms. The molecule has 1 aromatic carbocycles. The Hall–Kier alpha value is -1.39. The number of carbonyl (C=O) groups excluding carboxylic acids is 1. The molecule has 0 N–H and O–H groups in total. The van der Waals surface area contributed by atoms with E-state index in [1.165, 1.54) is 7.11 Å². The first-order chi connectivity index (χ1) is 7.56. The van der Waals surface area contributed by atoms with Crippen LogP contribution in [0.1, 0.15) is 19.4 Å². The number of rotatable bonds is 5. The Kier molecular flexibility index (Phi) is 4.46. The lowest BCUT2D eigenvalue weighted by molar-refractivity contribution is -0.354. The molecule has 0 saturated heterocycles. The second kappa shape index (κ2) is 5.63. The second-order valence-electron chi connectivity index (χ2n) is 3.83. The van der Waals surface area contributed by atoms with Gasteiger partial charge in [0.05, 0.1) is 7.11 Å². The lowest BCUT2D eigenvalue weighted by Crippen LogP contribution is -2.36. The molecule has 0 saturated carbocycles. The third-order valence-electron chi connectivity index (χ3n) is 2.01. The fraction of sp³-hybridized carbons (Fsp3) is 0.417. The number of hydrogen-bond acceptors (Lipinski definition) is 4. The Morgan fingerprint density at radius 1 is 1.25 bits per heavy atom. The zero-order valence-corrected chi connectivity index (χ0v) is 9.73. The Morgan fingerprint density at radius 3 is 2.44 bits per heavy atom. The Morgan fingerprint density at radius 2 is 1.88 bits per heavy atom. The van der Waals surface area contributed by atoms with Gasteiger partial charge in [-0.1, -0.05) is 30.3 Å². The highest BCUT2D eigenvalue weighted by Gasteiger charge is 2.31. The molecule has 1 rings (SSSR count). The third-order valence-corrected chi connectivity index (χ3v) is 2.01. The van der Waals surface area contributed by atoms with E-state index in [2.05, 4.69) is 4.74 Å². The molecule has 0 aliphatic rings. The van der Waals surface area contributed by atoms with E-state index in [0.29, 0.717) is 6.61 Å². The quantitative estimate of drug-likeness (QED) is 0.436. The van der Waals surface area contributed by atoms with Crippen molar-refractivity contribution in [3.05, 3.63) is 35.9 Å². The van der Waals surface area contributed by atoms with Crippen LogP contribution < -0.4 is 0 Å². The molecule has 0 atom stereocenters. The van der Waals surface area contributed by atoms with E-state index in [1.807, 2.05) is 30.3 Å². The van der Waals surface area contributed by atoms with Crippen molar-refractivity contribution in [1.82, 2.24) is 0 Å². The van der Waals surface area contributed by atoms with Crippen LogP contribution in [0.4, 0.5) is 0 Å². The van der Waals surface area contributed by atoms with Crippen molar-refractivity contribution in [2.75, 3.05) is 7.11 Å². The van der Waals surface area contributed by atoms with Crippen LogP contribution >= 0.6 is 0 Å². The van der Waals surface area contributed by atoms with Gasteiger partial charge in [0.2, 0.25) is 0 Å². The number of hydrogen-bond donors (Lipinski definition) is 0. The lowest BCUT2D eigenvalue weighted by Gasteiger charge is -2.20. The van der Waals surface area contributed by atoms with E-state index in [0.717, 1.165) is 5.56 Å². The summed E-state index contributed by atoms with van der Waals surface area (Å²) < 4.78 is 4.57. The van der Waals surface area contributed by atoms with Gasteiger partial charge in [-0.25, -0.2) is 14.6 Å². The highest BCUT2D eigenvalue weighted by atomic mass is 17.2. The molecule has 0 spiro atoms. The lowest BCUT2D eigenvalue weighted by atomic mass is 10.1. The third kappa shape index (κ3) is 3.64. The van der Waals surface area contributed by atoms with Crippen LogP contribution in [0.25, 0.3) is 0 Å². The van der Waals surface area contributed by atoms with Crippen LogP contribution in [0.3, 0.4) is 0 Å². The molecule has 0 aliphatic heterocycles. The normalized spacial score (nSPS) is 11.2. The maximum Gasteiger partial charge on any atom is 0.340 e. The smallest absolute Gasteiger partial charge is 0.340 e. The predicted molar refractivity (Wildman–Crippen MR) is 58.4 cm³/mol. The van der Waals surface area contributed by atoms with Crippen molar-refractivity contribution in [3.8, 4) is 0 Å². The van der Waals surface area contributed by atoms with Gasteiger partial charge in [-0.3, -0.25) is 0 Å². The van der Waals surface area contributed by atoms with Gasteiger partial charge in [0.15, 0.2) is 5.60 Å². The monoisotopic (exact) mass is 224 g/mol. The zero-order valence-electron chi connectivity index (χ0n) is 9.73. The predicted octanol–water partition coefficient (Wildman–Crippen LogP) is 2.09. The Labute approximate surface area is 95.1 Å². The van der Waals surface area contributed by atoms with E-state index in [-0.39, 0.29) is 0 Å². The molecule has 0 aromatic heterocycles. The van der Waals surface area contributed by atoms with Crippen LogP contribution in [0, 0.1) is 0 Å². The molecule has 0 fully saturated rings. The molecule has 1 aromatic rings. The first kappa shape index (κ1) is 12.7. The first-order valence-electron chi connectivity index (χ1n) is 4.99. The summed E-state index contributed by atoms with van der Waals surface area (Å²) in [5.74, 6) is -0.472. The number of carbonyl (C=O) groups is 1. The van der Waals surface area contributed by atoms with Gasteiger partial charge in [-0.15, -0.1) is 0 Å². The highest BCUT2D eigenvalue weighted by molar-refractivity contribution is 5.78. The Bertz CT molecular complexity index is 332. The van der Waals surface area contributed by atoms with Crippen molar-refractivity contribution in [2.45, 2.75) is 26.1 Å². The molecule has 0 unspecified atom stereocenters. The molecule has 4 nitrogen and oxygen atoms in total. The number of esters is 1. The average molecular weight is 224 g/mol. The van der Waals surface area contributed by atoms with Crippen LogP contribution in [-0.2, 0) is 25.9 Å². The minimum absolute atomic E-state index is 0.293. The minimum atomic E-state index is -1.09. The van der Waals surface area contributed by atoms with E-state index in [1.54, 1.807) is 13.8 Å². The molecule has 4 heteroatoms. The van der Waals surface area contributed by atoms with E-state index >= 15 is 0 Å². The number of benzene rings is 1. The maximum atomic E-state index is 11.2. The second-order valence-corrected chi connectivity index (χ2v) is 3.83. The summed E-state index contributed by atoms with van der Waals surface area (Å²) in [5, 5.41) is 0. The van der Waals surface area contributed by atoms with Gasteiger partial charge in [-0.2, -0.15) is 0 Å². The van der Waals surface area contributed by atoms with Gasteiger partial charge >= 0.3 is 5.97 Å². The summed E-state index contributed by atoms with van der Waals surface area (Å²) >= 11 is 0. The van der Waals surface area contributed by atoms with Crippen LogP contribution in [-0.4, -0.2) is 18.7 Å². The Balaban J connectivity index is 2.38. The number of methoxy groups -OCH3 is 1. The molecular formula is C12H16O4. The average Bonchev–Trinajstić information content (AvgIpc) is 2.29. The first-order valence-corrected chi connectivity index (χ1v) is 4.99. The number of ether oxygens (including phenoxy) is 1. The summed E-state index contributed by atoms with van der Waals surface area (Å²) in [6, 6.07) is 9.56. The molecule has 88 valence electrons. The molecule has 0 amide bonds. The highest BCUT2D eigenvalue weighted by Crippen LogP contribution is 2.13. The van der Waals surface area contributed by atoms with Crippen molar-refractivity contribution >= 4 is 5.97 Å². The van der Waals surface area contributed by atoms with Gasteiger partial charge < -0.3 is 4.74 Å². The van der Waals surface area contributed by atoms with Crippen LogP contribution in [0.2, 0.25) is 0 Å². The molecule has 0 heterocycles. The van der Waals surface area contributed by atoms with Crippen molar-refractivity contribution in [1.29, 1.82) is 0 Å². The largest absolute Gasteiger partial charge is 0.467 e. The van der Waals surface area contributed by atoms with Crippen LogP contribution in [0.15, 0.2) is 30.3 Å². The summed E-state index contributed by atoms with van der Waals surface area (Å²) in [5.41, 5.74) is -0.119. The van der Waals surface area contributed by atoms with E-state index in [4.69, 9.17) is 9.78 Å². The summed E-state index contributed by atoms with van der Waals surface area (Å²) in [6.45, 7) is 3.47. The minimum Gasteiger partial charge on any atom is -0.467 e. The molecule has 0 aliphatic carbocycles. The SMILES string of the molecule is COC(=O)C(C)(C)OOCc1ccccc1. The van der Waals surface area contributed by atoms with Crippen molar-refractivity contribution in [2.24, 2.45) is 0 Å². The zero-order chi connectivity index (χ0) is 12.0. The maximum absolute atomic E-state index is 11.2. The van der Waals surface area contributed by atoms with Crippen LogP contribution in [0.5, 0.6) is 0 Å². The summed E-state index contributed by atoms with van der Waals surface area (Å²) in [7, 11) is 1.31. The van der Waals surface area contributed by atoms with Gasteiger partial charge in [0.1, 0.15) is 6.61 Å². The van der Waals surface area contributed by atoms with E-state index in [9.17, 15) is 4.79 Å². The van der Waals surface area contributed by atoms with Gasteiger partial charge in [0, 0.05) is 0 Å². The summed E-state index contributed by atoms with van der Waals surface area (Å²) in [4.78, 5) is 21.3. The fourth-order valence-electron chi connectivity index (χ4n) is 1.10. The molecule has 0 radical (unpaired) electrons. The van der Waals surface area contributed by atoms with Crippen molar-refractivity contribution in [3.63, 3.8) is 0 Å². The molecule has 16 heavy (non-hydrogen) atoms. The summed E-state index contributed by atoms with van der Waals surface area (Å²) in [6.07, 6.45) is 0. The fourth-order valence-corrected chi connectivity index (χ4v) is 1.10. The topological polar surface area (TPSA) is 44.8 Å².